The van der Waals surface area contributed by atoms with Crippen molar-refractivity contribution in [3.8, 4) is 0 Å². The average molecular weight is 447 g/mol. The molecule has 170 valence electrons. The van der Waals surface area contributed by atoms with E-state index in [1.54, 1.807) is 24.3 Å². The lowest BCUT2D eigenvalue weighted by Gasteiger charge is -2.26. The smallest absolute Gasteiger partial charge is 0.330 e. The molecule has 0 spiro atoms. The van der Waals surface area contributed by atoms with E-state index in [-0.39, 0.29) is 41.9 Å². The predicted octanol–water partition coefficient (Wildman–Crippen LogP) is 2.81. The Labute approximate surface area is 192 Å². The first kappa shape index (κ1) is 21.4. The Morgan fingerprint density at radius 1 is 0.909 bits per heavy atom. The van der Waals surface area contributed by atoms with Gasteiger partial charge in [-0.25, -0.2) is 4.79 Å². The van der Waals surface area contributed by atoms with Crippen molar-refractivity contribution in [2.45, 2.75) is 31.7 Å². The molecule has 5 atom stereocenters. The number of benzene rings is 2. The van der Waals surface area contributed by atoms with Crippen LogP contribution in [-0.4, -0.2) is 41.2 Å². The second-order valence-corrected chi connectivity index (χ2v) is 9.16. The highest BCUT2D eigenvalue weighted by atomic mass is 16.5. The highest BCUT2D eigenvalue weighted by molar-refractivity contribution is 6.08. The lowest BCUT2D eigenvalue weighted by Crippen LogP contribution is -2.48. The summed E-state index contributed by atoms with van der Waals surface area (Å²) in [6, 6.07) is 17.0. The Hall–Kier alpha value is -3.48. The number of rotatable bonds is 7. The summed E-state index contributed by atoms with van der Waals surface area (Å²) in [6.07, 6.45) is 3.01. The fraction of sp³-hybridized carbons (Fsp3) is 0.385. The second kappa shape index (κ2) is 8.81. The second-order valence-electron chi connectivity index (χ2n) is 9.16. The van der Waals surface area contributed by atoms with Gasteiger partial charge in [0.1, 0.15) is 6.04 Å². The summed E-state index contributed by atoms with van der Waals surface area (Å²) in [6.45, 7) is -0.493. The zero-order valence-corrected chi connectivity index (χ0v) is 18.2. The monoisotopic (exact) mass is 446 g/mol. The number of carbonyl (C=O) groups excluding carboxylic acids is 4. The third-order valence-electron chi connectivity index (χ3n) is 7.22. The minimum absolute atomic E-state index is 0.159. The van der Waals surface area contributed by atoms with Crippen LogP contribution in [0.3, 0.4) is 0 Å². The molecule has 2 aliphatic carbocycles. The lowest BCUT2D eigenvalue weighted by molar-refractivity contribution is -0.160. The number of hydrogen-bond donors (Lipinski definition) is 1. The number of nitrogens with zero attached hydrogens (tertiary/aromatic N) is 1. The third-order valence-corrected chi connectivity index (χ3v) is 7.22. The lowest BCUT2D eigenvalue weighted by atomic mass is 9.81. The molecule has 1 heterocycles. The summed E-state index contributed by atoms with van der Waals surface area (Å²) in [7, 11) is 0. The topological polar surface area (TPSA) is 92.8 Å². The van der Waals surface area contributed by atoms with Gasteiger partial charge in [-0.05, 0) is 48.8 Å². The molecule has 3 fully saturated rings. The molecule has 5 rings (SSSR count). The summed E-state index contributed by atoms with van der Waals surface area (Å²) >= 11 is 0. The van der Waals surface area contributed by atoms with Crippen molar-refractivity contribution in [1.29, 1.82) is 0 Å². The van der Waals surface area contributed by atoms with E-state index in [4.69, 9.17) is 4.74 Å². The number of imide groups is 1. The van der Waals surface area contributed by atoms with Gasteiger partial charge in [0, 0.05) is 12.1 Å². The van der Waals surface area contributed by atoms with Crippen molar-refractivity contribution in [3.05, 3.63) is 66.2 Å². The first-order valence-electron chi connectivity index (χ1n) is 11.5. The molecular weight excluding hydrogens is 420 g/mol. The quantitative estimate of drug-likeness (QED) is 0.522. The number of anilines is 1. The van der Waals surface area contributed by atoms with Crippen molar-refractivity contribution in [2.24, 2.45) is 23.7 Å². The van der Waals surface area contributed by atoms with Crippen LogP contribution in [0.5, 0.6) is 0 Å². The Morgan fingerprint density at radius 2 is 1.48 bits per heavy atom. The van der Waals surface area contributed by atoms with E-state index < -0.39 is 24.5 Å². The van der Waals surface area contributed by atoms with E-state index in [1.165, 1.54) is 0 Å². The molecule has 7 nitrogen and oxygen atoms in total. The van der Waals surface area contributed by atoms with Gasteiger partial charge in [-0.2, -0.15) is 0 Å². The number of amides is 3. The predicted molar refractivity (Wildman–Crippen MR) is 120 cm³/mol. The molecule has 2 aromatic rings. The van der Waals surface area contributed by atoms with E-state index in [2.05, 4.69) is 5.32 Å². The molecule has 3 aliphatic rings. The first-order valence-corrected chi connectivity index (χ1v) is 11.5. The van der Waals surface area contributed by atoms with E-state index in [0.717, 1.165) is 29.7 Å². The van der Waals surface area contributed by atoms with Gasteiger partial charge >= 0.3 is 5.97 Å². The fourth-order valence-electron chi connectivity index (χ4n) is 5.81. The normalized spacial score (nSPS) is 26.2. The zero-order valence-electron chi connectivity index (χ0n) is 18.2. The minimum atomic E-state index is -1.08. The molecule has 1 saturated heterocycles. The van der Waals surface area contributed by atoms with Gasteiger partial charge in [-0.15, -0.1) is 0 Å². The Morgan fingerprint density at radius 3 is 2.09 bits per heavy atom. The van der Waals surface area contributed by atoms with Crippen LogP contribution in [0.25, 0.3) is 0 Å². The molecule has 2 bridgehead atoms. The number of ether oxygens (including phenoxy) is 1. The fourth-order valence-corrected chi connectivity index (χ4v) is 5.81. The van der Waals surface area contributed by atoms with E-state index in [0.29, 0.717) is 5.69 Å². The maximum absolute atomic E-state index is 13.3. The highest BCUT2D eigenvalue weighted by Crippen LogP contribution is 2.56. The van der Waals surface area contributed by atoms with Crippen LogP contribution in [-0.2, 0) is 30.3 Å². The SMILES string of the molecule is O=C(COC(=O)[C@H](Cc1ccccc1)N1C(=O)[C@H]2[C@H]3CC[C@@H](C3)[C@@H]2C1=O)Nc1ccccc1. The van der Waals surface area contributed by atoms with E-state index in [9.17, 15) is 19.2 Å². The molecule has 1 N–H and O–H groups in total. The first-order chi connectivity index (χ1) is 16.0. The van der Waals surface area contributed by atoms with Crippen molar-refractivity contribution in [1.82, 2.24) is 4.90 Å². The summed E-state index contributed by atoms with van der Waals surface area (Å²) in [5.74, 6) is -1.92. The summed E-state index contributed by atoms with van der Waals surface area (Å²) < 4.78 is 5.31. The molecular formula is C26H26N2O5. The van der Waals surface area contributed by atoms with Gasteiger partial charge in [0.15, 0.2) is 6.61 Å². The zero-order chi connectivity index (χ0) is 22.9. The van der Waals surface area contributed by atoms with Gasteiger partial charge in [0.25, 0.3) is 5.91 Å². The molecule has 7 heteroatoms. The van der Waals surface area contributed by atoms with Crippen LogP contribution in [0.1, 0.15) is 24.8 Å². The summed E-state index contributed by atoms with van der Waals surface area (Å²) in [5, 5.41) is 2.66. The average Bonchev–Trinajstić information content (AvgIpc) is 3.51. The van der Waals surface area contributed by atoms with Gasteiger partial charge in [-0.1, -0.05) is 48.5 Å². The van der Waals surface area contributed by atoms with Crippen molar-refractivity contribution in [2.75, 3.05) is 11.9 Å². The van der Waals surface area contributed by atoms with Gasteiger partial charge in [0.2, 0.25) is 11.8 Å². The number of para-hydroxylation sites is 1. The van der Waals surface area contributed by atoms with E-state index in [1.807, 2.05) is 36.4 Å². The maximum Gasteiger partial charge on any atom is 0.330 e. The molecule has 0 aromatic heterocycles. The molecule has 2 saturated carbocycles. The number of nitrogens with one attached hydrogen (secondary N) is 1. The van der Waals surface area contributed by atoms with Crippen LogP contribution in [0, 0.1) is 23.7 Å². The molecule has 1 aliphatic heterocycles. The molecule has 0 unspecified atom stereocenters. The van der Waals surface area contributed by atoms with Gasteiger partial charge in [-0.3, -0.25) is 19.3 Å². The van der Waals surface area contributed by atoms with Gasteiger partial charge < -0.3 is 10.1 Å². The number of likely N-dealkylation sites (tertiary alicyclic amines) is 1. The standard InChI is InChI=1S/C26H26N2O5/c29-21(27-19-9-5-2-6-10-19)15-33-26(32)20(13-16-7-3-1-4-8-16)28-24(30)22-17-11-12-18(14-17)23(22)25(28)31/h1-10,17-18,20,22-23H,11-15H2,(H,27,29)/t17-,18-,20-,22-,23-/m0/s1. The summed E-state index contributed by atoms with van der Waals surface area (Å²) in [4.78, 5) is 53.2. The number of carbonyl (C=O) groups is 4. The molecule has 0 radical (unpaired) electrons. The minimum Gasteiger partial charge on any atom is -0.454 e. The molecule has 2 aromatic carbocycles. The van der Waals surface area contributed by atoms with E-state index >= 15 is 0 Å². The van der Waals surface area contributed by atoms with Crippen molar-refractivity contribution < 1.29 is 23.9 Å². The largest absolute Gasteiger partial charge is 0.454 e. The summed E-state index contributed by atoms with van der Waals surface area (Å²) in [5.41, 5.74) is 1.40. The number of fused-ring (bicyclic) bond motifs is 5. The van der Waals surface area contributed by atoms with Crippen LogP contribution < -0.4 is 5.32 Å². The maximum atomic E-state index is 13.3. The number of esters is 1. The van der Waals surface area contributed by atoms with Crippen LogP contribution in [0.2, 0.25) is 0 Å². The van der Waals surface area contributed by atoms with Crippen LogP contribution >= 0.6 is 0 Å². The van der Waals surface area contributed by atoms with Crippen LogP contribution in [0.4, 0.5) is 5.69 Å². The van der Waals surface area contributed by atoms with Crippen molar-refractivity contribution >= 4 is 29.4 Å². The third kappa shape index (κ3) is 4.03. The van der Waals surface area contributed by atoms with Crippen molar-refractivity contribution in [3.63, 3.8) is 0 Å². The highest BCUT2D eigenvalue weighted by Gasteiger charge is 2.62. The Balaban J connectivity index is 1.32. The molecule has 33 heavy (non-hydrogen) atoms. The Kier molecular flexibility index (Phi) is 5.70. The van der Waals surface area contributed by atoms with Crippen LogP contribution in [0.15, 0.2) is 60.7 Å². The Bertz CT molecular complexity index is 1040. The molecule has 3 amide bonds. The number of hydrogen-bond acceptors (Lipinski definition) is 5. The van der Waals surface area contributed by atoms with Gasteiger partial charge in [0.05, 0.1) is 11.8 Å².